The number of piperidine rings is 1. The summed E-state index contributed by atoms with van der Waals surface area (Å²) in [4.78, 5) is 13.5. The zero-order chi connectivity index (χ0) is 16.2. The van der Waals surface area contributed by atoms with Gasteiger partial charge in [-0.25, -0.2) is 9.18 Å². The fourth-order valence-electron chi connectivity index (χ4n) is 5.22. The van der Waals surface area contributed by atoms with E-state index in [4.69, 9.17) is 4.74 Å². The molecule has 3 heterocycles. The Kier molecular flexibility index (Phi) is 3.21. The van der Waals surface area contributed by atoms with Gasteiger partial charge in [0.1, 0.15) is 5.82 Å². The average Bonchev–Trinajstić information content (AvgIpc) is 2.77. The number of fused-ring (bicyclic) bond motifs is 4. The maximum atomic E-state index is 13.6. The molecule has 1 spiro atoms. The lowest BCUT2D eigenvalue weighted by molar-refractivity contribution is -0.134. The van der Waals surface area contributed by atoms with Gasteiger partial charge < -0.3 is 9.84 Å². The minimum Gasteiger partial charge on any atom is -0.465 e. The standard InChI is InChI=1S/C18H22FNO3/c1-2-17-7-5-14(20(17)16(21)22)10-18(11-17)15-4-3-13(19)9-12(15)6-8-23-18/h3-4,9,14H,2,5-8,10-11H2,1H3,(H,21,22). The summed E-state index contributed by atoms with van der Waals surface area (Å²) < 4.78 is 19.9. The number of nitrogens with zero attached hydrogens (tertiary/aromatic N) is 1. The highest BCUT2D eigenvalue weighted by Crippen LogP contribution is 2.56. The molecule has 0 aliphatic carbocycles. The monoisotopic (exact) mass is 319 g/mol. The van der Waals surface area contributed by atoms with Crippen LogP contribution in [0.3, 0.4) is 0 Å². The maximum absolute atomic E-state index is 13.6. The van der Waals surface area contributed by atoms with E-state index in [0.717, 1.165) is 36.8 Å². The van der Waals surface area contributed by atoms with Gasteiger partial charge in [-0.2, -0.15) is 0 Å². The Balaban J connectivity index is 1.80. The van der Waals surface area contributed by atoms with Crippen LogP contribution >= 0.6 is 0 Å². The third kappa shape index (κ3) is 2.02. The lowest BCUT2D eigenvalue weighted by Gasteiger charge is -2.53. The molecule has 5 heteroatoms. The van der Waals surface area contributed by atoms with Crippen molar-refractivity contribution in [2.75, 3.05) is 6.61 Å². The lowest BCUT2D eigenvalue weighted by atomic mass is 9.71. The molecule has 1 amide bonds. The van der Waals surface area contributed by atoms with E-state index >= 15 is 0 Å². The number of benzene rings is 1. The van der Waals surface area contributed by atoms with Gasteiger partial charge in [0.2, 0.25) is 0 Å². The average molecular weight is 319 g/mol. The molecule has 0 saturated carbocycles. The van der Waals surface area contributed by atoms with Crippen LogP contribution < -0.4 is 0 Å². The number of carboxylic acid groups (broad SMARTS) is 1. The van der Waals surface area contributed by atoms with Gasteiger partial charge in [-0.05, 0) is 48.9 Å². The van der Waals surface area contributed by atoms with E-state index in [0.29, 0.717) is 19.4 Å². The highest BCUT2D eigenvalue weighted by Gasteiger charge is 2.59. The Morgan fingerprint density at radius 2 is 2.35 bits per heavy atom. The Morgan fingerprint density at radius 3 is 3.09 bits per heavy atom. The van der Waals surface area contributed by atoms with E-state index in [1.165, 1.54) is 6.07 Å². The summed E-state index contributed by atoms with van der Waals surface area (Å²) >= 11 is 0. The number of hydrogen-bond acceptors (Lipinski definition) is 2. The van der Waals surface area contributed by atoms with Crippen LogP contribution in [0.15, 0.2) is 18.2 Å². The van der Waals surface area contributed by atoms with Crippen LogP contribution in [-0.2, 0) is 16.8 Å². The molecule has 3 aliphatic rings. The number of carbonyl (C=O) groups is 1. The van der Waals surface area contributed by atoms with E-state index in [2.05, 4.69) is 6.92 Å². The highest BCUT2D eigenvalue weighted by atomic mass is 19.1. The number of amides is 1. The van der Waals surface area contributed by atoms with Crippen LogP contribution in [0.1, 0.15) is 50.2 Å². The van der Waals surface area contributed by atoms with Crippen molar-refractivity contribution in [3.8, 4) is 0 Å². The fraction of sp³-hybridized carbons (Fsp3) is 0.611. The first kappa shape index (κ1) is 14.9. The number of ether oxygens (including phenoxy) is 1. The fourth-order valence-corrected chi connectivity index (χ4v) is 5.22. The van der Waals surface area contributed by atoms with Crippen LogP contribution in [0.25, 0.3) is 0 Å². The largest absolute Gasteiger partial charge is 0.465 e. The van der Waals surface area contributed by atoms with Crippen LogP contribution in [0.4, 0.5) is 9.18 Å². The second-order valence-electron chi connectivity index (χ2n) is 7.20. The first-order valence-electron chi connectivity index (χ1n) is 8.45. The molecule has 2 bridgehead atoms. The van der Waals surface area contributed by atoms with Gasteiger partial charge in [-0.3, -0.25) is 4.90 Å². The highest BCUT2D eigenvalue weighted by molar-refractivity contribution is 5.68. The molecule has 3 aliphatic heterocycles. The van der Waals surface area contributed by atoms with Crippen molar-refractivity contribution in [3.05, 3.63) is 35.1 Å². The van der Waals surface area contributed by atoms with Crippen LogP contribution in [-0.4, -0.2) is 34.3 Å². The number of hydrogen-bond donors (Lipinski definition) is 1. The second kappa shape index (κ2) is 4.94. The van der Waals surface area contributed by atoms with Gasteiger partial charge in [0, 0.05) is 24.4 Å². The Bertz CT molecular complexity index is 664. The van der Waals surface area contributed by atoms with E-state index in [1.54, 1.807) is 11.0 Å². The molecule has 0 radical (unpaired) electrons. The third-order valence-electron chi connectivity index (χ3n) is 6.17. The molecule has 1 aromatic rings. The van der Waals surface area contributed by atoms with Gasteiger partial charge in [0.15, 0.2) is 0 Å². The molecule has 1 N–H and O–H groups in total. The van der Waals surface area contributed by atoms with Crippen molar-refractivity contribution in [2.45, 2.75) is 62.6 Å². The van der Waals surface area contributed by atoms with Crippen molar-refractivity contribution in [1.82, 2.24) is 4.90 Å². The molecule has 124 valence electrons. The molecule has 1 aromatic carbocycles. The SMILES string of the molecule is CCC12CCC(CC3(C1)OCCc1cc(F)ccc13)N2C(=O)O. The topological polar surface area (TPSA) is 49.8 Å². The Labute approximate surface area is 135 Å². The smallest absolute Gasteiger partial charge is 0.408 e. The summed E-state index contributed by atoms with van der Waals surface area (Å²) in [5.74, 6) is -0.211. The quantitative estimate of drug-likeness (QED) is 0.859. The summed E-state index contributed by atoms with van der Waals surface area (Å²) in [6, 6.07) is 4.96. The van der Waals surface area contributed by atoms with Gasteiger partial charge >= 0.3 is 6.09 Å². The first-order valence-corrected chi connectivity index (χ1v) is 8.45. The predicted molar refractivity (Wildman–Crippen MR) is 82.9 cm³/mol. The number of halogens is 1. The van der Waals surface area contributed by atoms with Crippen molar-refractivity contribution < 1.29 is 19.0 Å². The van der Waals surface area contributed by atoms with Gasteiger partial charge in [-0.15, -0.1) is 0 Å². The van der Waals surface area contributed by atoms with Crippen molar-refractivity contribution in [1.29, 1.82) is 0 Å². The molecular formula is C18H22FNO3. The predicted octanol–water partition coefficient (Wildman–Crippen LogP) is 3.68. The summed E-state index contributed by atoms with van der Waals surface area (Å²) in [6.45, 7) is 2.64. The first-order chi connectivity index (χ1) is 11.0. The summed E-state index contributed by atoms with van der Waals surface area (Å²) in [5, 5.41) is 9.67. The zero-order valence-corrected chi connectivity index (χ0v) is 13.3. The van der Waals surface area contributed by atoms with Crippen molar-refractivity contribution in [3.63, 3.8) is 0 Å². The van der Waals surface area contributed by atoms with Crippen molar-refractivity contribution in [2.24, 2.45) is 0 Å². The number of rotatable bonds is 1. The van der Waals surface area contributed by atoms with Crippen LogP contribution in [0, 0.1) is 5.82 Å². The van der Waals surface area contributed by atoms with Gasteiger partial charge in [0.25, 0.3) is 0 Å². The van der Waals surface area contributed by atoms with E-state index in [-0.39, 0.29) is 17.4 Å². The molecule has 0 aromatic heterocycles. The van der Waals surface area contributed by atoms with E-state index in [9.17, 15) is 14.3 Å². The molecule has 4 nitrogen and oxygen atoms in total. The second-order valence-corrected chi connectivity index (χ2v) is 7.20. The molecular weight excluding hydrogens is 297 g/mol. The molecule has 2 fully saturated rings. The maximum Gasteiger partial charge on any atom is 0.408 e. The minimum atomic E-state index is -0.820. The Morgan fingerprint density at radius 1 is 1.52 bits per heavy atom. The molecule has 3 unspecified atom stereocenters. The molecule has 23 heavy (non-hydrogen) atoms. The molecule has 4 rings (SSSR count). The zero-order valence-electron chi connectivity index (χ0n) is 13.3. The summed E-state index contributed by atoms with van der Waals surface area (Å²) in [6.07, 6.45) is 3.83. The van der Waals surface area contributed by atoms with Crippen molar-refractivity contribution >= 4 is 6.09 Å². The van der Waals surface area contributed by atoms with Crippen LogP contribution in [0.5, 0.6) is 0 Å². The molecule has 2 saturated heterocycles. The van der Waals surface area contributed by atoms with E-state index < -0.39 is 11.7 Å². The third-order valence-corrected chi connectivity index (χ3v) is 6.17. The van der Waals surface area contributed by atoms with E-state index in [1.807, 2.05) is 6.07 Å². The minimum absolute atomic E-state index is 0.00259. The lowest BCUT2D eigenvalue weighted by Crippen LogP contribution is -2.60. The van der Waals surface area contributed by atoms with Gasteiger partial charge in [0.05, 0.1) is 12.2 Å². The summed E-state index contributed by atoms with van der Waals surface area (Å²) in [7, 11) is 0. The Hall–Kier alpha value is -1.62. The van der Waals surface area contributed by atoms with Crippen LogP contribution in [0.2, 0.25) is 0 Å². The summed E-state index contributed by atoms with van der Waals surface area (Å²) in [5.41, 5.74) is 1.29. The van der Waals surface area contributed by atoms with Gasteiger partial charge in [-0.1, -0.05) is 13.0 Å². The molecule has 3 atom stereocenters. The normalized spacial score (nSPS) is 35.4.